The lowest BCUT2D eigenvalue weighted by atomic mass is 10.1. The maximum Gasteiger partial charge on any atom is 0.343 e. The van der Waals surface area contributed by atoms with Gasteiger partial charge >= 0.3 is 11.7 Å². The molecule has 3 rings (SSSR count). The van der Waals surface area contributed by atoms with Gasteiger partial charge in [0, 0.05) is 29.3 Å². The second-order valence-electron chi connectivity index (χ2n) is 7.37. The van der Waals surface area contributed by atoms with Crippen LogP contribution in [0.5, 0.6) is 17.2 Å². The Bertz CT molecular complexity index is 1390. The monoisotopic (exact) mass is 522 g/mol. The first-order chi connectivity index (χ1) is 18.2. The third-order valence-electron chi connectivity index (χ3n) is 4.91. The molecule has 0 saturated heterocycles. The molecule has 3 aromatic rings. The molecule has 0 aliphatic carbocycles. The second-order valence-corrected chi connectivity index (χ2v) is 7.37. The van der Waals surface area contributed by atoms with Crippen LogP contribution in [0.3, 0.4) is 0 Å². The molecule has 13 nitrogen and oxygen atoms in total. The average molecular weight is 522 g/mol. The Morgan fingerprint density at radius 3 is 2.18 bits per heavy atom. The summed E-state index contributed by atoms with van der Waals surface area (Å²) in [7, 11) is 0. The summed E-state index contributed by atoms with van der Waals surface area (Å²) < 4.78 is 16.4. The Balaban J connectivity index is 1.84. The predicted octanol–water partition coefficient (Wildman–Crippen LogP) is 4.28. The number of hydrogen-bond donors (Lipinski definition) is 1. The maximum atomic E-state index is 12.9. The van der Waals surface area contributed by atoms with Gasteiger partial charge in [-0.1, -0.05) is 6.07 Å². The van der Waals surface area contributed by atoms with E-state index in [1.807, 2.05) is 0 Å². The van der Waals surface area contributed by atoms with E-state index in [1.54, 1.807) is 13.8 Å². The van der Waals surface area contributed by atoms with Gasteiger partial charge in [-0.25, -0.2) is 10.2 Å². The van der Waals surface area contributed by atoms with E-state index in [1.165, 1.54) is 42.5 Å². The van der Waals surface area contributed by atoms with E-state index in [2.05, 4.69) is 10.5 Å². The van der Waals surface area contributed by atoms with E-state index in [-0.39, 0.29) is 28.1 Å². The van der Waals surface area contributed by atoms with Crippen molar-refractivity contribution in [3.05, 3.63) is 97.6 Å². The fourth-order valence-electron chi connectivity index (χ4n) is 3.19. The van der Waals surface area contributed by atoms with Crippen LogP contribution in [0.1, 0.15) is 40.1 Å². The zero-order valence-corrected chi connectivity index (χ0v) is 20.3. The fraction of sp³-hybridized carbons (Fsp3) is 0.160. The molecule has 1 N–H and O–H groups in total. The van der Waals surface area contributed by atoms with E-state index in [0.717, 1.165) is 24.4 Å². The molecule has 0 aliphatic heterocycles. The Hall–Kier alpha value is -5.33. The van der Waals surface area contributed by atoms with Crippen LogP contribution in [0.4, 0.5) is 11.4 Å². The highest BCUT2D eigenvalue weighted by atomic mass is 16.6. The second kappa shape index (κ2) is 12.6. The van der Waals surface area contributed by atoms with E-state index in [9.17, 15) is 29.8 Å². The summed E-state index contributed by atoms with van der Waals surface area (Å²) in [5, 5.41) is 26.1. The van der Waals surface area contributed by atoms with Crippen molar-refractivity contribution in [1.82, 2.24) is 5.43 Å². The molecule has 0 fully saturated rings. The van der Waals surface area contributed by atoms with Crippen LogP contribution < -0.4 is 19.6 Å². The van der Waals surface area contributed by atoms with Crippen molar-refractivity contribution in [3.8, 4) is 17.2 Å². The van der Waals surface area contributed by atoms with Gasteiger partial charge in [0.2, 0.25) is 5.75 Å². The molecule has 0 aliphatic rings. The first-order valence-electron chi connectivity index (χ1n) is 11.2. The van der Waals surface area contributed by atoms with Crippen LogP contribution in [0.15, 0.2) is 65.8 Å². The summed E-state index contributed by atoms with van der Waals surface area (Å²) >= 11 is 0. The molecule has 0 unspecified atom stereocenters. The first-order valence-corrected chi connectivity index (χ1v) is 11.2. The number of carbonyl (C=O) groups excluding carboxylic acids is 2. The largest absolute Gasteiger partial charge is 0.490 e. The van der Waals surface area contributed by atoms with Gasteiger partial charge in [0.05, 0.1) is 34.8 Å². The topological polar surface area (TPSA) is 173 Å². The molecular weight excluding hydrogens is 500 g/mol. The van der Waals surface area contributed by atoms with Crippen molar-refractivity contribution >= 4 is 29.5 Å². The third kappa shape index (κ3) is 6.66. The zero-order valence-electron chi connectivity index (χ0n) is 20.3. The number of hydrazone groups is 1. The number of nitro groups is 2. The van der Waals surface area contributed by atoms with Crippen LogP contribution in [-0.4, -0.2) is 41.2 Å². The van der Waals surface area contributed by atoms with E-state index in [0.29, 0.717) is 24.7 Å². The number of nitrogens with zero attached hydrogens (tertiary/aromatic N) is 3. The number of amides is 1. The molecular formula is C25H22N4O9. The van der Waals surface area contributed by atoms with E-state index in [4.69, 9.17) is 14.2 Å². The number of non-ortho nitro benzene ring substituents is 1. The van der Waals surface area contributed by atoms with Crippen molar-refractivity contribution in [2.24, 2.45) is 5.10 Å². The SMILES string of the molecule is CCOc1ccc(C(=O)Oc2c(/C=N/NC(=O)c3ccc([N+](=O)[O-])cc3)cccc2[N+](=O)[O-])cc1OCC. The number of para-hydroxylation sites is 1. The highest BCUT2D eigenvalue weighted by Gasteiger charge is 2.23. The summed E-state index contributed by atoms with van der Waals surface area (Å²) in [6, 6.07) is 13.1. The molecule has 38 heavy (non-hydrogen) atoms. The van der Waals surface area contributed by atoms with Crippen molar-refractivity contribution in [2.75, 3.05) is 13.2 Å². The number of hydrogen-bond acceptors (Lipinski definition) is 10. The highest BCUT2D eigenvalue weighted by molar-refractivity contribution is 5.97. The van der Waals surface area contributed by atoms with Gasteiger partial charge in [-0.05, 0) is 50.2 Å². The van der Waals surface area contributed by atoms with Gasteiger partial charge in [-0.15, -0.1) is 0 Å². The molecule has 0 saturated carbocycles. The molecule has 0 aromatic heterocycles. The van der Waals surface area contributed by atoms with Crippen LogP contribution in [0, 0.1) is 20.2 Å². The van der Waals surface area contributed by atoms with Crippen molar-refractivity contribution in [2.45, 2.75) is 13.8 Å². The van der Waals surface area contributed by atoms with E-state index >= 15 is 0 Å². The summed E-state index contributed by atoms with van der Waals surface area (Å²) in [4.78, 5) is 46.2. The number of ether oxygens (including phenoxy) is 3. The zero-order chi connectivity index (χ0) is 27.7. The number of rotatable bonds is 11. The van der Waals surface area contributed by atoms with Gasteiger partial charge in [0.15, 0.2) is 11.5 Å². The van der Waals surface area contributed by atoms with Gasteiger partial charge in [-0.2, -0.15) is 5.10 Å². The van der Waals surface area contributed by atoms with Gasteiger partial charge in [0.1, 0.15) is 0 Å². The molecule has 1 amide bonds. The normalized spacial score (nSPS) is 10.6. The van der Waals surface area contributed by atoms with Crippen LogP contribution in [0.25, 0.3) is 0 Å². The van der Waals surface area contributed by atoms with Crippen molar-refractivity contribution < 1.29 is 33.6 Å². The fourth-order valence-corrected chi connectivity index (χ4v) is 3.19. The van der Waals surface area contributed by atoms with Crippen molar-refractivity contribution in [1.29, 1.82) is 0 Å². The van der Waals surface area contributed by atoms with Crippen LogP contribution in [0.2, 0.25) is 0 Å². The summed E-state index contributed by atoms with van der Waals surface area (Å²) in [6.45, 7) is 4.25. The molecule has 13 heteroatoms. The minimum atomic E-state index is -0.895. The quantitative estimate of drug-likeness (QED) is 0.127. The number of esters is 1. The lowest BCUT2D eigenvalue weighted by Gasteiger charge is -2.12. The molecule has 0 bridgehead atoms. The minimum Gasteiger partial charge on any atom is -0.490 e. The predicted molar refractivity (Wildman–Crippen MR) is 135 cm³/mol. The number of carbonyl (C=O) groups is 2. The summed E-state index contributed by atoms with van der Waals surface area (Å²) in [6.07, 6.45) is 1.07. The van der Waals surface area contributed by atoms with Crippen molar-refractivity contribution in [3.63, 3.8) is 0 Å². The third-order valence-corrected chi connectivity index (χ3v) is 4.91. The Morgan fingerprint density at radius 2 is 1.55 bits per heavy atom. The van der Waals surface area contributed by atoms with Crippen LogP contribution in [-0.2, 0) is 0 Å². The highest BCUT2D eigenvalue weighted by Crippen LogP contribution is 2.33. The van der Waals surface area contributed by atoms with E-state index < -0.39 is 27.4 Å². The Morgan fingerprint density at radius 1 is 0.895 bits per heavy atom. The standard InChI is InChI=1S/C25H22N4O9/c1-3-36-21-13-10-17(14-22(21)37-4-2)25(31)38-23-18(6-5-7-20(23)29(34)35)15-26-27-24(30)16-8-11-19(12-9-16)28(32)33/h5-15H,3-4H2,1-2H3,(H,27,30)/b26-15+. The minimum absolute atomic E-state index is 0.0347. The molecule has 0 radical (unpaired) electrons. The smallest absolute Gasteiger partial charge is 0.343 e. The molecule has 0 atom stereocenters. The molecule has 0 spiro atoms. The molecule has 196 valence electrons. The average Bonchev–Trinajstić information content (AvgIpc) is 2.90. The van der Waals surface area contributed by atoms with Crippen LogP contribution >= 0.6 is 0 Å². The molecule has 0 heterocycles. The van der Waals surface area contributed by atoms with Gasteiger partial charge in [-0.3, -0.25) is 25.0 Å². The first kappa shape index (κ1) is 27.3. The Labute approximate surface area is 215 Å². The number of benzene rings is 3. The number of nitro benzene ring substituents is 2. The van der Waals surface area contributed by atoms with Gasteiger partial charge in [0.25, 0.3) is 11.6 Å². The van der Waals surface area contributed by atoms with Gasteiger partial charge < -0.3 is 14.2 Å². The maximum absolute atomic E-state index is 12.9. The molecule has 3 aromatic carbocycles. The summed E-state index contributed by atoms with van der Waals surface area (Å²) in [5.41, 5.74) is 1.72. The number of nitrogens with one attached hydrogen (secondary N) is 1. The lowest BCUT2D eigenvalue weighted by Crippen LogP contribution is -2.18. The summed E-state index contributed by atoms with van der Waals surface area (Å²) in [5.74, 6) is -1.23. The lowest BCUT2D eigenvalue weighted by molar-refractivity contribution is -0.385. The Kier molecular flexibility index (Phi) is 9.02.